The summed E-state index contributed by atoms with van der Waals surface area (Å²) in [5.74, 6) is 1.26. The van der Waals surface area contributed by atoms with E-state index < -0.39 is 5.54 Å². The van der Waals surface area contributed by atoms with E-state index in [4.69, 9.17) is 10.5 Å². The number of primary amides is 1. The first-order chi connectivity index (χ1) is 15.7. The van der Waals surface area contributed by atoms with E-state index in [2.05, 4.69) is 23.1 Å². The van der Waals surface area contributed by atoms with Gasteiger partial charge in [0.25, 0.3) is 0 Å². The second-order valence-electron chi connectivity index (χ2n) is 8.99. The number of rotatable bonds is 7. The fourth-order valence-electron chi connectivity index (χ4n) is 5.47. The molecule has 0 aromatic heterocycles. The minimum atomic E-state index is -0.942. The number of fused-ring (bicyclic) bond motifs is 1. The average molecular weight is 427 g/mol. The van der Waals surface area contributed by atoms with Crippen molar-refractivity contribution in [2.45, 2.75) is 31.2 Å². The highest BCUT2D eigenvalue weighted by Gasteiger charge is 2.48. The van der Waals surface area contributed by atoms with Gasteiger partial charge in [0.2, 0.25) is 5.91 Å². The first-order valence-corrected chi connectivity index (χ1v) is 11.6. The van der Waals surface area contributed by atoms with Gasteiger partial charge in [0.05, 0.1) is 6.61 Å². The zero-order valence-corrected chi connectivity index (χ0v) is 18.4. The molecule has 1 saturated heterocycles. The third-order valence-electron chi connectivity index (χ3n) is 7.10. The van der Waals surface area contributed by atoms with E-state index >= 15 is 0 Å². The van der Waals surface area contributed by atoms with Crippen LogP contribution in [-0.4, -0.2) is 30.5 Å². The van der Waals surface area contributed by atoms with Crippen LogP contribution in [0.3, 0.4) is 0 Å². The topological polar surface area (TPSA) is 55.6 Å². The minimum absolute atomic E-state index is 0.311. The molecule has 4 heteroatoms. The van der Waals surface area contributed by atoms with Gasteiger partial charge in [0.15, 0.2) is 5.54 Å². The first-order valence-electron chi connectivity index (χ1n) is 11.6. The van der Waals surface area contributed by atoms with Crippen LogP contribution >= 0.6 is 0 Å². The Morgan fingerprint density at radius 3 is 2.34 bits per heavy atom. The zero-order valence-electron chi connectivity index (χ0n) is 18.4. The smallest absolute Gasteiger partial charge is 0.247 e. The number of benzene rings is 3. The van der Waals surface area contributed by atoms with Gasteiger partial charge in [-0.1, -0.05) is 72.8 Å². The fourth-order valence-corrected chi connectivity index (χ4v) is 5.47. The molecule has 0 saturated carbocycles. The highest BCUT2D eigenvalue weighted by molar-refractivity contribution is 5.90. The number of hydrogen-bond donors (Lipinski definition) is 1. The first kappa shape index (κ1) is 20.8. The molecule has 0 radical (unpaired) electrons. The maximum absolute atomic E-state index is 13.2. The number of carbonyl (C=O) groups excluding carboxylic acids is 1. The monoisotopic (exact) mass is 426 g/mol. The number of carbonyl (C=O) groups is 1. The number of nitrogens with zero attached hydrogens (tertiary/aromatic N) is 1. The summed E-state index contributed by atoms with van der Waals surface area (Å²) in [6.45, 7) is 2.51. The van der Waals surface area contributed by atoms with Gasteiger partial charge in [-0.2, -0.15) is 0 Å². The highest BCUT2D eigenvalue weighted by Crippen LogP contribution is 2.40. The van der Waals surface area contributed by atoms with E-state index in [0.717, 1.165) is 62.3 Å². The van der Waals surface area contributed by atoms with Gasteiger partial charge >= 0.3 is 0 Å². The van der Waals surface area contributed by atoms with Crippen molar-refractivity contribution in [1.29, 1.82) is 0 Å². The number of ether oxygens (including phenoxy) is 1. The second-order valence-corrected chi connectivity index (χ2v) is 8.99. The van der Waals surface area contributed by atoms with Gasteiger partial charge in [0, 0.05) is 19.5 Å². The summed E-state index contributed by atoms with van der Waals surface area (Å²) < 4.78 is 5.64. The van der Waals surface area contributed by atoms with Crippen LogP contribution in [0.15, 0.2) is 78.9 Å². The molecule has 2 N–H and O–H groups in total. The maximum Gasteiger partial charge on any atom is 0.247 e. The number of nitrogens with two attached hydrogens (primary N) is 1. The summed E-state index contributed by atoms with van der Waals surface area (Å²) >= 11 is 0. The van der Waals surface area contributed by atoms with Gasteiger partial charge in [-0.05, 0) is 53.5 Å². The predicted octanol–water partition coefficient (Wildman–Crippen LogP) is 4.31. The fraction of sp³-hybridized carbons (Fsp3) is 0.321. The van der Waals surface area contributed by atoms with E-state index in [-0.39, 0.29) is 5.91 Å². The molecule has 1 amide bonds. The molecule has 4 nitrogen and oxygen atoms in total. The van der Waals surface area contributed by atoms with E-state index in [9.17, 15) is 4.79 Å². The van der Waals surface area contributed by atoms with Crippen LogP contribution in [0.25, 0.3) is 0 Å². The Hall–Kier alpha value is -3.11. The Labute approximate surface area is 190 Å². The third-order valence-corrected chi connectivity index (χ3v) is 7.10. The van der Waals surface area contributed by atoms with Crippen molar-refractivity contribution in [3.05, 3.63) is 101 Å². The summed E-state index contributed by atoms with van der Waals surface area (Å²) in [5.41, 5.74) is 9.83. The Balaban J connectivity index is 1.38. The summed E-state index contributed by atoms with van der Waals surface area (Å²) in [4.78, 5) is 15.5. The van der Waals surface area contributed by atoms with E-state index in [1.54, 1.807) is 0 Å². The lowest BCUT2D eigenvalue weighted by Crippen LogP contribution is -2.55. The second kappa shape index (κ2) is 8.79. The molecule has 0 bridgehead atoms. The molecule has 5 rings (SSSR count). The van der Waals surface area contributed by atoms with E-state index in [1.807, 2.05) is 60.7 Å². The van der Waals surface area contributed by atoms with Gasteiger partial charge in [0.1, 0.15) is 5.75 Å². The van der Waals surface area contributed by atoms with Crippen molar-refractivity contribution in [3.8, 4) is 5.75 Å². The summed E-state index contributed by atoms with van der Waals surface area (Å²) in [7, 11) is 0. The summed E-state index contributed by atoms with van der Waals surface area (Å²) in [5, 5.41) is 0. The third kappa shape index (κ3) is 3.69. The Bertz CT molecular complexity index is 1040. The average Bonchev–Trinajstić information content (AvgIpc) is 3.49. The van der Waals surface area contributed by atoms with Crippen LogP contribution in [0.4, 0.5) is 0 Å². The normalized spacial score (nSPS) is 18.3. The van der Waals surface area contributed by atoms with E-state index in [1.165, 1.54) is 11.1 Å². The maximum atomic E-state index is 13.2. The van der Waals surface area contributed by atoms with Crippen LogP contribution in [0, 0.1) is 5.92 Å². The van der Waals surface area contributed by atoms with Crippen molar-refractivity contribution >= 4 is 5.91 Å². The predicted molar refractivity (Wildman–Crippen MR) is 127 cm³/mol. The van der Waals surface area contributed by atoms with Crippen LogP contribution in [0.5, 0.6) is 5.75 Å². The molecule has 2 heterocycles. The van der Waals surface area contributed by atoms with Crippen molar-refractivity contribution in [2.75, 3.05) is 19.7 Å². The molecule has 1 atom stereocenters. The number of hydrogen-bond acceptors (Lipinski definition) is 3. The molecule has 3 aromatic rings. The van der Waals surface area contributed by atoms with Crippen molar-refractivity contribution in [1.82, 2.24) is 4.90 Å². The standard InChI is InChI=1S/C28H30N2O2/c29-27(31)28(24-7-3-1-4-8-24,25-9-5-2-6-10-25)30-17-15-22(20-30)12-11-21-13-14-26-23(19-21)16-18-32-26/h1-10,13-14,19,22H,11-12,15-18,20H2,(H2,29,31)/t22-/m0/s1. The molecule has 0 aliphatic carbocycles. The van der Waals surface area contributed by atoms with E-state index in [0.29, 0.717) is 5.92 Å². The molecule has 32 heavy (non-hydrogen) atoms. The molecule has 2 aliphatic rings. The molecule has 3 aromatic carbocycles. The molecule has 0 spiro atoms. The zero-order chi connectivity index (χ0) is 22.0. The van der Waals surface area contributed by atoms with Gasteiger partial charge in [-0.25, -0.2) is 0 Å². The minimum Gasteiger partial charge on any atom is -0.493 e. The largest absolute Gasteiger partial charge is 0.493 e. The lowest BCUT2D eigenvalue weighted by Gasteiger charge is -2.40. The lowest BCUT2D eigenvalue weighted by atomic mass is 9.80. The van der Waals surface area contributed by atoms with Gasteiger partial charge in [-0.15, -0.1) is 0 Å². The van der Waals surface area contributed by atoms with Crippen LogP contribution in [0.2, 0.25) is 0 Å². The van der Waals surface area contributed by atoms with Crippen LogP contribution in [0.1, 0.15) is 35.1 Å². The summed E-state index contributed by atoms with van der Waals surface area (Å²) in [6, 6.07) is 26.6. The lowest BCUT2D eigenvalue weighted by molar-refractivity contribution is -0.127. The molecule has 0 unspecified atom stereocenters. The number of amides is 1. The van der Waals surface area contributed by atoms with Crippen molar-refractivity contribution < 1.29 is 9.53 Å². The Morgan fingerprint density at radius 2 is 1.69 bits per heavy atom. The number of likely N-dealkylation sites (tertiary alicyclic amines) is 1. The Kier molecular flexibility index (Phi) is 5.71. The van der Waals surface area contributed by atoms with Crippen molar-refractivity contribution in [3.63, 3.8) is 0 Å². The quantitative estimate of drug-likeness (QED) is 0.613. The summed E-state index contributed by atoms with van der Waals surface area (Å²) in [6.07, 6.45) is 4.24. The van der Waals surface area contributed by atoms with Gasteiger partial charge < -0.3 is 10.5 Å². The van der Waals surface area contributed by atoms with Crippen LogP contribution < -0.4 is 10.5 Å². The molecule has 1 fully saturated rings. The van der Waals surface area contributed by atoms with Crippen LogP contribution in [-0.2, 0) is 23.2 Å². The molecular weight excluding hydrogens is 396 g/mol. The van der Waals surface area contributed by atoms with Crippen molar-refractivity contribution in [2.24, 2.45) is 11.7 Å². The molecular formula is C28H30N2O2. The number of aryl methyl sites for hydroxylation is 1. The molecule has 164 valence electrons. The SMILES string of the molecule is NC(=O)C(c1ccccc1)(c1ccccc1)N1CC[C@H](CCc2ccc3c(c2)CCO3)C1. The molecule has 2 aliphatic heterocycles. The Morgan fingerprint density at radius 1 is 1.00 bits per heavy atom. The van der Waals surface area contributed by atoms with Gasteiger partial charge in [-0.3, -0.25) is 9.69 Å². The highest BCUT2D eigenvalue weighted by atomic mass is 16.5.